The van der Waals surface area contributed by atoms with Crippen LogP contribution in [0.15, 0.2) is 0 Å². The molecule has 0 aliphatic rings. The van der Waals surface area contributed by atoms with E-state index in [1.54, 1.807) is 4.68 Å². The fraction of sp³-hybridized carbons (Fsp3) is 0.727. The number of carboxylic acids is 1. The number of rotatable bonds is 8. The Balaban J connectivity index is 2.59. The van der Waals surface area contributed by atoms with Crippen molar-refractivity contribution in [1.29, 1.82) is 0 Å². The maximum atomic E-state index is 10.6. The Morgan fingerprint density at radius 2 is 2.12 bits per heavy atom. The third kappa shape index (κ3) is 4.14. The lowest BCUT2D eigenvalue weighted by Crippen LogP contribution is -2.08. The van der Waals surface area contributed by atoms with E-state index in [1.807, 2.05) is 6.92 Å². The van der Waals surface area contributed by atoms with Gasteiger partial charge in [0.05, 0.1) is 17.8 Å². The van der Waals surface area contributed by atoms with E-state index in [-0.39, 0.29) is 13.0 Å². The maximum Gasteiger partial charge on any atom is 0.309 e. The fourth-order valence-electron chi connectivity index (χ4n) is 1.77. The lowest BCUT2D eigenvalue weighted by Gasteiger charge is -2.05. The van der Waals surface area contributed by atoms with Crippen molar-refractivity contribution in [3.05, 3.63) is 11.4 Å². The average molecular weight is 241 g/mol. The Bertz CT molecular complexity index is 363. The smallest absolute Gasteiger partial charge is 0.309 e. The van der Waals surface area contributed by atoms with E-state index in [0.29, 0.717) is 5.69 Å². The van der Waals surface area contributed by atoms with Crippen molar-refractivity contribution < 1.29 is 15.0 Å². The number of carboxylic acid groups (broad SMARTS) is 1. The van der Waals surface area contributed by atoms with E-state index in [4.69, 9.17) is 10.2 Å². The Labute approximate surface area is 100 Å². The molecule has 0 amide bonds. The summed E-state index contributed by atoms with van der Waals surface area (Å²) in [5.41, 5.74) is 1.46. The molecule has 6 heteroatoms. The fourth-order valence-corrected chi connectivity index (χ4v) is 1.77. The number of nitrogens with zero attached hydrogens (tertiary/aromatic N) is 3. The number of aryl methyl sites for hydroxylation is 1. The van der Waals surface area contributed by atoms with Crippen LogP contribution in [0.3, 0.4) is 0 Å². The quantitative estimate of drug-likeness (QED) is 0.652. The van der Waals surface area contributed by atoms with Gasteiger partial charge in [-0.15, -0.1) is 5.10 Å². The van der Waals surface area contributed by atoms with Crippen LogP contribution in [0.5, 0.6) is 0 Å². The van der Waals surface area contributed by atoms with Crippen molar-refractivity contribution in [2.75, 3.05) is 6.61 Å². The first-order valence-corrected chi connectivity index (χ1v) is 5.93. The number of aliphatic hydroxyl groups excluding tert-OH is 1. The van der Waals surface area contributed by atoms with Gasteiger partial charge in [0.25, 0.3) is 0 Å². The molecule has 0 saturated heterocycles. The van der Waals surface area contributed by atoms with E-state index >= 15 is 0 Å². The molecule has 1 rings (SSSR count). The minimum atomic E-state index is -0.882. The molecule has 0 unspecified atom stereocenters. The summed E-state index contributed by atoms with van der Waals surface area (Å²) in [6.07, 6.45) is 3.31. The molecule has 0 aliphatic heterocycles. The van der Waals surface area contributed by atoms with E-state index in [9.17, 15) is 4.79 Å². The highest BCUT2D eigenvalue weighted by atomic mass is 16.4. The van der Waals surface area contributed by atoms with Gasteiger partial charge in [-0.05, 0) is 25.7 Å². The number of unbranched alkanes of at least 4 members (excludes halogenated alkanes) is 2. The second-order valence-corrected chi connectivity index (χ2v) is 3.91. The normalized spacial score (nSPS) is 10.7. The van der Waals surface area contributed by atoms with Crippen molar-refractivity contribution in [1.82, 2.24) is 15.0 Å². The van der Waals surface area contributed by atoms with Crippen molar-refractivity contribution in [3.8, 4) is 0 Å². The molecule has 0 radical (unpaired) electrons. The zero-order valence-electron chi connectivity index (χ0n) is 10.1. The zero-order valence-corrected chi connectivity index (χ0v) is 10.1. The minimum Gasteiger partial charge on any atom is -0.481 e. The van der Waals surface area contributed by atoms with Gasteiger partial charge in [0.1, 0.15) is 0 Å². The summed E-state index contributed by atoms with van der Waals surface area (Å²) >= 11 is 0. The van der Waals surface area contributed by atoms with Crippen LogP contribution in [-0.2, 0) is 24.2 Å². The SMILES string of the molecule is CCc1c(CC(=O)O)nnn1CCCCCO. The summed E-state index contributed by atoms with van der Waals surface area (Å²) in [5.74, 6) is -0.882. The maximum absolute atomic E-state index is 10.6. The van der Waals surface area contributed by atoms with Crippen LogP contribution < -0.4 is 0 Å². The standard InChI is InChI=1S/C11H19N3O3/c1-2-10-9(8-11(16)17)12-13-14(10)6-4-3-5-7-15/h15H,2-8H2,1H3,(H,16,17). The summed E-state index contributed by atoms with van der Waals surface area (Å²) in [7, 11) is 0. The molecule has 0 aromatic carbocycles. The zero-order chi connectivity index (χ0) is 12.7. The van der Waals surface area contributed by atoms with Gasteiger partial charge in [0.15, 0.2) is 0 Å². The predicted molar refractivity (Wildman–Crippen MR) is 61.7 cm³/mol. The largest absolute Gasteiger partial charge is 0.481 e. The highest BCUT2D eigenvalue weighted by Crippen LogP contribution is 2.09. The third-order valence-corrected chi connectivity index (χ3v) is 2.60. The summed E-state index contributed by atoms with van der Waals surface area (Å²) in [5, 5.41) is 25.3. The number of hydrogen-bond acceptors (Lipinski definition) is 4. The molecule has 0 fully saturated rings. The molecule has 1 aromatic heterocycles. The van der Waals surface area contributed by atoms with Crippen LogP contribution in [0.4, 0.5) is 0 Å². The van der Waals surface area contributed by atoms with Gasteiger partial charge in [-0.3, -0.25) is 4.79 Å². The van der Waals surface area contributed by atoms with Crippen LogP contribution in [0, 0.1) is 0 Å². The van der Waals surface area contributed by atoms with Crippen molar-refractivity contribution >= 4 is 5.97 Å². The van der Waals surface area contributed by atoms with Crippen LogP contribution in [-0.4, -0.2) is 37.8 Å². The lowest BCUT2D eigenvalue weighted by atomic mass is 10.2. The highest BCUT2D eigenvalue weighted by molar-refractivity contribution is 5.69. The van der Waals surface area contributed by atoms with Gasteiger partial charge in [-0.2, -0.15) is 0 Å². The molecule has 96 valence electrons. The number of aliphatic carboxylic acids is 1. The van der Waals surface area contributed by atoms with Gasteiger partial charge in [-0.1, -0.05) is 12.1 Å². The molecular formula is C11H19N3O3. The topological polar surface area (TPSA) is 88.2 Å². The van der Waals surface area contributed by atoms with E-state index in [1.165, 1.54) is 0 Å². The summed E-state index contributed by atoms with van der Waals surface area (Å²) < 4.78 is 1.77. The molecule has 1 heterocycles. The van der Waals surface area contributed by atoms with E-state index in [2.05, 4.69) is 10.3 Å². The van der Waals surface area contributed by atoms with Crippen LogP contribution in [0.2, 0.25) is 0 Å². The summed E-state index contributed by atoms with van der Waals surface area (Å²) in [6.45, 7) is 2.91. The lowest BCUT2D eigenvalue weighted by molar-refractivity contribution is -0.136. The van der Waals surface area contributed by atoms with Gasteiger partial charge >= 0.3 is 5.97 Å². The van der Waals surface area contributed by atoms with Crippen molar-refractivity contribution in [3.63, 3.8) is 0 Å². The predicted octanol–water partition coefficient (Wildman–Crippen LogP) is 0.630. The Hall–Kier alpha value is -1.43. The average Bonchev–Trinajstić information content (AvgIpc) is 2.66. The number of hydrogen-bond donors (Lipinski definition) is 2. The minimum absolute atomic E-state index is 0.0696. The summed E-state index contributed by atoms with van der Waals surface area (Å²) in [6, 6.07) is 0. The second kappa shape index (κ2) is 7.01. The summed E-state index contributed by atoms with van der Waals surface area (Å²) in [4.78, 5) is 10.6. The van der Waals surface area contributed by atoms with E-state index in [0.717, 1.165) is 37.9 Å². The first-order chi connectivity index (χ1) is 8.19. The third-order valence-electron chi connectivity index (χ3n) is 2.60. The second-order valence-electron chi connectivity index (χ2n) is 3.91. The molecule has 0 saturated carbocycles. The molecule has 1 aromatic rings. The number of carbonyl (C=O) groups is 1. The van der Waals surface area contributed by atoms with Gasteiger partial charge < -0.3 is 10.2 Å². The van der Waals surface area contributed by atoms with Gasteiger partial charge in [0.2, 0.25) is 0 Å². The Kier molecular flexibility index (Phi) is 5.62. The molecule has 0 atom stereocenters. The first kappa shape index (κ1) is 13.6. The molecule has 0 bridgehead atoms. The van der Waals surface area contributed by atoms with Crippen molar-refractivity contribution in [2.45, 2.75) is 45.6 Å². The Morgan fingerprint density at radius 1 is 1.35 bits per heavy atom. The molecule has 0 aliphatic carbocycles. The number of aromatic nitrogens is 3. The molecule has 0 spiro atoms. The van der Waals surface area contributed by atoms with Gasteiger partial charge in [-0.25, -0.2) is 4.68 Å². The first-order valence-electron chi connectivity index (χ1n) is 5.93. The van der Waals surface area contributed by atoms with E-state index < -0.39 is 5.97 Å². The molecular weight excluding hydrogens is 222 g/mol. The van der Waals surface area contributed by atoms with Gasteiger partial charge in [0, 0.05) is 13.2 Å². The molecule has 17 heavy (non-hydrogen) atoms. The molecule has 2 N–H and O–H groups in total. The van der Waals surface area contributed by atoms with Crippen LogP contribution >= 0.6 is 0 Å². The highest BCUT2D eigenvalue weighted by Gasteiger charge is 2.13. The number of aliphatic hydroxyl groups is 1. The van der Waals surface area contributed by atoms with Crippen molar-refractivity contribution in [2.24, 2.45) is 0 Å². The van der Waals surface area contributed by atoms with Crippen LogP contribution in [0.1, 0.15) is 37.6 Å². The molecule has 6 nitrogen and oxygen atoms in total. The monoisotopic (exact) mass is 241 g/mol. The van der Waals surface area contributed by atoms with Crippen LogP contribution in [0.25, 0.3) is 0 Å². The Morgan fingerprint density at radius 3 is 2.71 bits per heavy atom.